The molecule has 2 nitrogen and oxygen atoms in total. The maximum atomic E-state index is 9.17. The first-order valence-corrected chi connectivity index (χ1v) is 5.51. The lowest BCUT2D eigenvalue weighted by atomic mass is 9.95. The van der Waals surface area contributed by atoms with Gasteiger partial charge in [0.15, 0.2) is 0 Å². The van der Waals surface area contributed by atoms with E-state index in [9.17, 15) is 0 Å². The highest BCUT2D eigenvalue weighted by molar-refractivity contribution is 7.12. The Hall–Kier alpha value is -0.380. The van der Waals surface area contributed by atoms with Gasteiger partial charge in [-0.3, -0.25) is 0 Å². The van der Waals surface area contributed by atoms with Gasteiger partial charge in [-0.2, -0.15) is 0 Å². The summed E-state index contributed by atoms with van der Waals surface area (Å²) in [6.07, 6.45) is 0. The Morgan fingerprint density at radius 1 is 1.54 bits per heavy atom. The average Bonchev–Trinajstić information content (AvgIpc) is 2.71. The summed E-state index contributed by atoms with van der Waals surface area (Å²) >= 11 is 1.85. The van der Waals surface area contributed by atoms with Crippen molar-refractivity contribution in [1.29, 1.82) is 0 Å². The fraction of sp³-hybridized carbons (Fsp3) is 0.600. The molecular formula is C10H15NOS. The van der Waals surface area contributed by atoms with Crippen molar-refractivity contribution in [2.24, 2.45) is 5.92 Å². The Bertz CT molecular complexity index is 284. The van der Waals surface area contributed by atoms with Crippen molar-refractivity contribution in [2.45, 2.75) is 12.8 Å². The van der Waals surface area contributed by atoms with Gasteiger partial charge >= 0.3 is 0 Å². The van der Waals surface area contributed by atoms with Crippen molar-refractivity contribution in [2.75, 3.05) is 19.7 Å². The average molecular weight is 197 g/mol. The summed E-state index contributed by atoms with van der Waals surface area (Å²) in [5, 5.41) is 12.5. The van der Waals surface area contributed by atoms with Crippen LogP contribution >= 0.6 is 11.3 Å². The third kappa shape index (κ3) is 1.77. The van der Waals surface area contributed by atoms with E-state index in [0.29, 0.717) is 18.4 Å². The quantitative estimate of drug-likeness (QED) is 0.750. The minimum atomic E-state index is 0.300. The number of aryl methyl sites for hydroxylation is 1. The lowest BCUT2D eigenvalue weighted by Gasteiger charge is -2.13. The van der Waals surface area contributed by atoms with Crippen molar-refractivity contribution < 1.29 is 5.11 Å². The molecule has 1 aliphatic rings. The predicted molar refractivity (Wildman–Crippen MR) is 55.2 cm³/mol. The molecule has 1 aromatic rings. The molecule has 2 N–H and O–H groups in total. The number of thiophene rings is 1. The maximum absolute atomic E-state index is 9.17. The minimum absolute atomic E-state index is 0.300. The molecule has 1 saturated heterocycles. The molecule has 1 fully saturated rings. The van der Waals surface area contributed by atoms with E-state index in [4.69, 9.17) is 5.11 Å². The molecule has 0 saturated carbocycles. The van der Waals surface area contributed by atoms with E-state index >= 15 is 0 Å². The van der Waals surface area contributed by atoms with Crippen LogP contribution in [0.4, 0.5) is 0 Å². The molecule has 2 rings (SSSR count). The molecule has 2 atom stereocenters. The molecule has 0 radical (unpaired) electrons. The van der Waals surface area contributed by atoms with Crippen molar-refractivity contribution in [3.8, 4) is 0 Å². The van der Waals surface area contributed by atoms with E-state index in [0.717, 1.165) is 13.1 Å². The fourth-order valence-electron chi connectivity index (χ4n) is 1.91. The van der Waals surface area contributed by atoms with E-state index < -0.39 is 0 Å². The molecule has 2 heterocycles. The van der Waals surface area contributed by atoms with Crippen LogP contribution < -0.4 is 5.32 Å². The minimum Gasteiger partial charge on any atom is -0.396 e. The summed E-state index contributed by atoms with van der Waals surface area (Å²) in [5.41, 5.74) is 0. The topological polar surface area (TPSA) is 32.3 Å². The van der Waals surface area contributed by atoms with Crippen LogP contribution in [-0.2, 0) is 0 Å². The molecule has 0 aromatic carbocycles. The fourth-order valence-corrected chi connectivity index (χ4v) is 2.98. The molecule has 1 aromatic heterocycles. The van der Waals surface area contributed by atoms with Gasteiger partial charge in [0, 0.05) is 41.3 Å². The molecule has 0 bridgehead atoms. The van der Waals surface area contributed by atoms with Crippen LogP contribution in [0.3, 0.4) is 0 Å². The van der Waals surface area contributed by atoms with Crippen LogP contribution in [0.5, 0.6) is 0 Å². The molecule has 1 aliphatic heterocycles. The number of rotatable bonds is 2. The lowest BCUT2D eigenvalue weighted by Crippen LogP contribution is -2.14. The first-order valence-electron chi connectivity index (χ1n) is 4.69. The maximum Gasteiger partial charge on any atom is 0.0478 e. The van der Waals surface area contributed by atoms with Gasteiger partial charge in [-0.15, -0.1) is 11.3 Å². The molecule has 3 heteroatoms. The summed E-state index contributed by atoms with van der Waals surface area (Å²) in [6.45, 7) is 4.41. The van der Waals surface area contributed by atoms with Gasteiger partial charge < -0.3 is 10.4 Å². The number of hydrogen-bond donors (Lipinski definition) is 2. The van der Waals surface area contributed by atoms with Crippen LogP contribution in [0.15, 0.2) is 12.1 Å². The molecule has 13 heavy (non-hydrogen) atoms. The van der Waals surface area contributed by atoms with Gasteiger partial charge in [0.25, 0.3) is 0 Å². The number of hydrogen-bond acceptors (Lipinski definition) is 3. The Balaban J connectivity index is 2.15. The van der Waals surface area contributed by atoms with Crippen LogP contribution in [0.2, 0.25) is 0 Å². The molecular weight excluding hydrogens is 182 g/mol. The van der Waals surface area contributed by atoms with Gasteiger partial charge in [0.1, 0.15) is 0 Å². The second-order valence-electron chi connectivity index (χ2n) is 3.66. The number of aliphatic hydroxyl groups excluding tert-OH is 1. The second-order valence-corrected chi connectivity index (χ2v) is 4.98. The zero-order valence-electron chi connectivity index (χ0n) is 7.79. The summed E-state index contributed by atoms with van der Waals surface area (Å²) in [5.74, 6) is 0.946. The predicted octanol–water partition coefficient (Wildman–Crippen LogP) is 1.35. The van der Waals surface area contributed by atoms with Gasteiger partial charge in [0.2, 0.25) is 0 Å². The first-order chi connectivity index (χ1) is 6.31. The largest absolute Gasteiger partial charge is 0.396 e. The second kappa shape index (κ2) is 3.78. The van der Waals surface area contributed by atoms with Crippen molar-refractivity contribution in [3.05, 3.63) is 21.9 Å². The summed E-state index contributed by atoms with van der Waals surface area (Å²) in [6, 6.07) is 4.35. The van der Waals surface area contributed by atoms with E-state index in [1.54, 1.807) is 0 Å². The Morgan fingerprint density at radius 2 is 2.38 bits per heavy atom. The van der Waals surface area contributed by atoms with Crippen LogP contribution in [-0.4, -0.2) is 24.8 Å². The number of aliphatic hydroxyl groups is 1. The van der Waals surface area contributed by atoms with Gasteiger partial charge in [-0.1, -0.05) is 0 Å². The van der Waals surface area contributed by atoms with E-state index in [2.05, 4.69) is 24.4 Å². The molecule has 0 spiro atoms. The van der Waals surface area contributed by atoms with E-state index in [-0.39, 0.29) is 0 Å². The highest BCUT2D eigenvalue weighted by Crippen LogP contribution is 2.32. The smallest absolute Gasteiger partial charge is 0.0478 e. The summed E-state index contributed by atoms with van der Waals surface area (Å²) in [4.78, 5) is 2.78. The van der Waals surface area contributed by atoms with E-state index in [1.165, 1.54) is 9.75 Å². The third-order valence-corrected chi connectivity index (χ3v) is 3.83. The third-order valence-electron chi connectivity index (χ3n) is 2.70. The molecule has 72 valence electrons. The van der Waals surface area contributed by atoms with Crippen molar-refractivity contribution in [3.63, 3.8) is 0 Å². The summed E-state index contributed by atoms with van der Waals surface area (Å²) < 4.78 is 0. The van der Waals surface area contributed by atoms with Gasteiger partial charge in [-0.05, 0) is 19.1 Å². The Kier molecular flexibility index (Phi) is 2.67. The standard InChI is InChI=1S/C10H15NOS/c1-7-2-3-10(13-7)9-5-11-4-8(9)6-12/h2-3,8-9,11-12H,4-6H2,1H3/t8-,9+/m1/s1. The SMILES string of the molecule is Cc1ccc([C@H]2CNC[C@@H]2CO)s1. The summed E-state index contributed by atoms with van der Waals surface area (Å²) in [7, 11) is 0. The highest BCUT2D eigenvalue weighted by atomic mass is 32.1. The van der Waals surface area contributed by atoms with Crippen LogP contribution in [0.1, 0.15) is 15.7 Å². The number of nitrogens with one attached hydrogen (secondary N) is 1. The van der Waals surface area contributed by atoms with Crippen molar-refractivity contribution >= 4 is 11.3 Å². The molecule has 0 amide bonds. The monoisotopic (exact) mass is 197 g/mol. The normalized spacial score (nSPS) is 28.2. The van der Waals surface area contributed by atoms with Gasteiger partial charge in [-0.25, -0.2) is 0 Å². The van der Waals surface area contributed by atoms with Crippen molar-refractivity contribution in [1.82, 2.24) is 5.32 Å². The highest BCUT2D eigenvalue weighted by Gasteiger charge is 2.28. The van der Waals surface area contributed by atoms with Gasteiger partial charge in [0.05, 0.1) is 0 Å². The van der Waals surface area contributed by atoms with Crippen LogP contribution in [0, 0.1) is 12.8 Å². The van der Waals surface area contributed by atoms with Crippen LogP contribution in [0.25, 0.3) is 0 Å². The Morgan fingerprint density at radius 3 is 3.00 bits per heavy atom. The Labute approximate surface area is 82.6 Å². The van der Waals surface area contributed by atoms with E-state index in [1.807, 2.05) is 11.3 Å². The first kappa shape index (κ1) is 9.19. The zero-order chi connectivity index (χ0) is 9.26. The molecule has 0 aliphatic carbocycles. The zero-order valence-corrected chi connectivity index (χ0v) is 8.60. The lowest BCUT2D eigenvalue weighted by molar-refractivity contribution is 0.227. The molecule has 0 unspecified atom stereocenters.